The molecule has 1 N–H and O–H groups in total. The molecule has 2 aliphatic rings. The molecular weight excluding hydrogens is 379 g/mol. The van der Waals surface area contributed by atoms with Crippen molar-refractivity contribution in [3.8, 4) is 0 Å². The topological polar surface area (TPSA) is 32.3 Å². The summed E-state index contributed by atoms with van der Waals surface area (Å²) in [6, 6.07) is 12.0. The number of fused-ring (bicyclic) bond motifs is 3. The molecule has 27 heavy (non-hydrogen) atoms. The second kappa shape index (κ2) is 6.29. The molecule has 140 valence electrons. The van der Waals surface area contributed by atoms with Crippen molar-refractivity contribution in [3.63, 3.8) is 0 Å². The van der Waals surface area contributed by atoms with Crippen molar-refractivity contribution < 1.29 is 4.79 Å². The van der Waals surface area contributed by atoms with Gasteiger partial charge in [0, 0.05) is 34.1 Å². The Hall–Kier alpha value is -1.97. The molecule has 1 fully saturated rings. The predicted octanol–water partition coefficient (Wildman–Crippen LogP) is 5.33. The zero-order chi connectivity index (χ0) is 19.4. The van der Waals surface area contributed by atoms with Gasteiger partial charge in [0.15, 0.2) is 0 Å². The summed E-state index contributed by atoms with van der Waals surface area (Å²) < 4.78 is 0. The van der Waals surface area contributed by atoms with Gasteiger partial charge in [-0.3, -0.25) is 4.79 Å². The Kier molecular flexibility index (Phi) is 4.28. The van der Waals surface area contributed by atoms with Crippen LogP contribution in [0.2, 0.25) is 10.0 Å². The number of hydrogen-bond donors (Lipinski definition) is 1. The van der Waals surface area contributed by atoms with Crippen LogP contribution in [0.1, 0.15) is 37.0 Å². The Bertz CT molecular complexity index is 967. The third-order valence-electron chi connectivity index (χ3n) is 5.85. The van der Waals surface area contributed by atoms with Crippen LogP contribution in [0.5, 0.6) is 0 Å². The van der Waals surface area contributed by atoms with Crippen LogP contribution in [0.15, 0.2) is 42.5 Å². The van der Waals surface area contributed by atoms with Crippen LogP contribution in [0.25, 0.3) is 6.08 Å². The van der Waals surface area contributed by atoms with Crippen LogP contribution < -0.4 is 10.2 Å². The minimum Gasteiger partial charge on any atom is -0.344 e. The molecule has 1 unspecified atom stereocenters. The van der Waals surface area contributed by atoms with Gasteiger partial charge in [-0.2, -0.15) is 0 Å². The Morgan fingerprint density at radius 2 is 1.93 bits per heavy atom. The van der Waals surface area contributed by atoms with Gasteiger partial charge in [0.2, 0.25) is 5.91 Å². The summed E-state index contributed by atoms with van der Waals surface area (Å²) in [7, 11) is 0. The molecule has 0 aliphatic carbocycles. The summed E-state index contributed by atoms with van der Waals surface area (Å²) in [6.45, 7) is 7.15. The van der Waals surface area contributed by atoms with E-state index >= 15 is 0 Å². The van der Waals surface area contributed by atoms with Gasteiger partial charge in [0.05, 0.1) is 0 Å². The number of anilines is 1. The van der Waals surface area contributed by atoms with Crippen LogP contribution in [0.4, 0.5) is 5.69 Å². The van der Waals surface area contributed by atoms with Crippen molar-refractivity contribution in [1.82, 2.24) is 5.32 Å². The van der Waals surface area contributed by atoms with E-state index in [0.717, 1.165) is 5.56 Å². The third-order valence-corrected chi connectivity index (χ3v) is 6.42. The van der Waals surface area contributed by atoms with Crippen molar-refractivity contribution in [2.45, 2.75) is 38.3 Å². The maximum atomic E-state index is 12.4. The quantitative estimate of drug-likeness (QED) is 0.738. The lowest BCUT2D eigenvalue weighted by molar-refractivity contribution is -0.124. The molecular formula is C22H22Cl2N2O. The van der Waals surface area contributed by atoms with Gasteiger partial charge >= 0.3 is 0 Å². The highest BCUT2D eigenvalue weighted by Crippen LogP contribution is 2.52. The zero-order valence-corrected chi connectivity index (χ0v) is 17.2. The molecule has 2 aromatic carbocycles. The second-order valence-electron chi connectivity index (χ2n) is 7.86. The van der Waals surface area contributed by atoms with Crippen molar-refractivity contribution in [3.05, 3.63) is 69.2 Å². The molecule has 0 radical (unpaired) electrons. The normalized spacial score (nSPS) is 23.3. The number of benzene rings is 2. The maximum Gasteiger partial charge on any atom is 0.223 e. The Labute approximate surface area is 170 Å². The largest absolute Gasteiger partial charge is 0.344 e. The molecule has 0 bridgehead atoms. The van der Waals surface area contributed by atoms with Gasteiger partial charge in [0.1, 0.15) is 5.66 Å². The Morgan fingerprint density at radius 3 is 2.67 bits per heavy atom. The van der Waals surface area contributed by atoms with Gasteiger partial charge in [0.25, 0.3) is 0 Å². The second-order valence-corrected chi connectivity index (χ2v) is 8.70. The van der Waals surface area contributed by atoms with E-state index in [1.165, 1.54) is 16.8 Å². The van der Waals surface area contributed by atoms with Gasteiger partial charge in [-0.1, -0.05) is 66.9 Å². The van der Waals surface area contributed by atoms with Crippen molar-refractivity contribution in [2.24, 2.45) is 0 Å². The summed E-state index contributed by atoms with van der Waals surface area (Å²) >= 11 is 12.4. The minimum absolute atomic E-state index is 0.0655. The van der Waals surface area contributed by atoms with E-state index in [2.05, 4.69) is 55.3 Å². The summed E-state index contributed by atoms with van der Waals surface area (Å²) in [5.74, 6) is 0.0655. The number of carbonyl (C=O) groups excluding carboxylic acids is 1. The Morgan fingerprint density at radius 1 is 1.15 bits per heavy atom. The molecule has 2 aromatic rings. The van der Waals surface area contributed by atoms with Crippen LogP contribution in [0, 0.1) is 6.92 Å². The first-order valence-electron chi connectivity index (χ1n) is 9.09. The number of rotatable bonds is 2. The fourth-order valence-electron chi connectivity index (χ4n) is 4.31. The molecule has 1 atom stereocenters. The van der Waals surface area contributed by atoms with E-state index in [1.807, 2.05) is 18.2 Å². The number of amides is 1. The van der Waals surface area contributed by atoms with Crippen molar-refractivity contribution >= 4 is 40.9 Å². The highest BCUT2D eigenvalue weighted by molar-refractivity contribution is 6.35. The number of halogens is 2. The van der Waals surface area contributed by atoms with Gasteiger partial charge in [-0.05, 0) is 42.3 Å². The number of nitrogens with one attached hydrogen (secondary N) is 1. The van der Waals surface area contributed by atoms with Crippen molar-refractivity contribution in [1.29, 1.82) is 0 Å². The number of nitrogens with zero attached hydrogens (tertiary/aromatic N) is 1. The van der Waals surface area contributed by atoms with Gasteiger partial charge < -0.3 is 10.2 Å². The molecule has 1 saturated heterocycles. The Balaban J connectivity index is 1.86. The fraction of sp³-hybridized carbons (Fsp3) is 0.318. The van der Waals surface area contributed by atoms with Gasteiger partial charge in [-0.25, -0.2) is 0 Å². The third kappa shape index (κ3) is 2.76. The van der Waals surface area contributed by atoms with Crippen LogP contribution in [-0.4, -0.2) is 18.1 Å². The van der Waals surface area contributed by atoms with Crippen LogP contribution in [-0.2, 0) is 10.2 Å². The number of aryl methyl sites for hydroxylation is 1. The standard InChI is InChI=1S/C22H22Cl2N2O/c1-14-4-7-19-17(12-14)21(2,3)22(25-20(27)9-11-26(19)22)10-8-15-5-6-16(23)13-18(15)24/h4-8,10,12-13H,9,11H2,1-3H3,(H,25,27)/b10-8+. The molecule has 0 aromatic heterocycles. The predicted molar refractivity (Wildman–Crippen MR) is 113 cm³/mol. The maximum absolute atomic E-state index is 12.4. The first-order valence-corrected chi connectivity index (χ1v) is 9.84. The monoisotopic (exact) mass is 400 g/mol. The molecule has 1 amide bonds. The minimum atomic E-state index is -0.637. The average molecular weight is 401 g/mol. The van der Waals surface area contributed by atoms with Crippen LogP contribution in [0.3, 0.4) is 0 Å². The van der Waals surface area contributed by atoms with E-state index in [1.54, 1.807) is 6.07 Å². The van der Waals surface area contributed by atoms with Crippen LogP contribution >= 0.6 is 23.2 Å². The van der Waals surface area contributed by atoms with E-state index in [-0.39, 0.29) is 11.3 Å². The smallest absolute Gasteiger partial charge is 0.223 e. The molecule has 2 aliphatic heterocycles. The summed E-state index contributed by atoms with van der Waals surface area (Å²) in [4.78, 5) is 14.7. The highest BCUT2D eigenvalue weighted by atomic mass is 35.5. The molecule has 0 saturated carbocycles. The lowest BCUT2D eigenvalue weighted by Crippen LogP contribution is -2.68. The van der Waals surface area contributed by atoms with E-state index < -0.39 is 5.66 Å². The van der Waals surface area contributed by atoms with Crippen molar-refractivity contribution in [2.75, 3.05) is 11.4 Å². The first-order chi connectivity index (χ1) is 12.7. The zero-order valence-electron chi connectivity index (χ0n) is 15.6. The highest BCUT2D eigenvalue weighted by Gasteiger charge is 2.57. The molecule has 4 rings (SSSR count). The summed E-state index contributed by atoms with van der Waals surface area (Å²) in [6.07, 6.45) is 4.55. The fourth-order valence-corrected chi connectivity index (χ4v) is 4.79. The average Bonchev–Trinajstić information content (AvgIpc) is 2.78. The lowest BCUT2D eigenvalue weighted by Gasteiger charge is -2.49. The number of carbonyl (C=O) groups is 1. The van der Waals surface area contributed by atoms with E-state index in [4.69, 9.17) is 23.2 Å². The lowest BCUT2D eigenvalue weighted by atomic mass is 9.74. The van der Waals surface area contributed by atoms with E-state index in [0.29, 0.717) is 23.0 Å². The molecule has 2 heterocycles. The SMILES string of the molecule is Cc1ccc2c(c1)C(C)(C)C1(/C=C/c3ccc(Cl)cc3Cl)NC(=O)CCN21. The summed E-state index contributed by atoms with van der Waals surface area (Å²) in [5.41, 5.74) is 3.57. The van der Waals surface area contributed by atoms with E-state index in [9.17, 15) is 4.79 Å². The molecule has 0 spiro atoms. The summed E-state index contributed by atoms with van der Waals surface area (Å²) in [5, 5.41) is 4.48. The van der Waals surface area contributed by atoms with Gasteiger partial charge in [-0.15, -0.1) is 0 Å². The molecule has 3 nitrogen and oxygen atoms in total. The number of hydrogen-bond acceptors (Lipinski definition) is 2. The first kappa shape index (κ1) is 18.4. The molecule has 5 heteroatoms.